The Kier molecular flexibility index (Phi) is 10.2. The van der Waals surface area contributed by atoms with E-state index in [1.54, 1.807) is 0 Å². The molecule has 0 radical (unpaired) electrons. The molecule has 0 amide bonds. The summed E-state index contributed by atoms with van der Waals surface area (Å²) in [6.07, 6.45) is 2.11. The molecule has 1 aromatic rings. The van der Waals surface area contributed by atoms with Crippen molar-refractivity contribution in [1.82, 2.24) is 10.6 Å². The molecule has 0 aliphatic heterocycles. The van der Waals surface area contributed by atoms with Gasteiger partial charge in [-0.05, 0) is 51.6 Å². The second-order valence-corrected chi connectivity index (χ2v) is 6.98. The fourth-order valence-electron chi connectivity index (χ4n) is 2.24. The summed E-state index contributed by atoms with van der Waals surface area (Å²) in [6.45, 7) is 13.2. The van der Waals surface area contributed by atoms with Crippen molar-refractivity contribution in [3.63, 3.8) is 0 Å². The second-order valence-electron chi connectivity index (χ2n) is 5.70. The molecule has 0 saturated carbocycles. The molecular weight excluding hydrogens is 334 g/mol. The maximum Gasteiger partial charge on any atom is 0.191 e. The molecule has 0 aliphatic rings. The first-order valence-corrected chi connectivity index (χ1v) is 10.3. The van der Waals surface area contributed by atoms with Gasteiger partial charge in [0.25, 0.3) is 0 Å². The van der Waals surface area contributed by atoms with Gasteiger partial charge in [-0.25, -0.2) is 0 Å². The lowest BCUT2D eigenvalue weighted by Crippen LogP contribution is -2.39. The highest BCUT2D eigenvalue weighted by atomic mass is 32.2. The van der Waals surface area contributed by atoms with Crippen molar-refractivity contribution in [3.8, 4) is 11.5 Å². The van der Waals surface area contributed by atoms with Crippen LogP contribution in [-0.2, 0) is 0 Å². The molecular formula is C19H33N3O2S. The summed E-state index contributed by atoms with van der Waals surface area (Å²) in [5.74, 6) is 2.41. The van der Waals surface area contributed by atoms with Gasteiger partial charge in [0.15, 0.2) is 17.5 Å². The predicted octanol–water partition coefficient (Wildman–Crippen LogP) is 3.85. The van der Waals surface area contributed by atoms with E-state index in [1.165, 1.54) is 0 Å². The Hall–Kier alpha value is -1.56. The topological polar surface area (TPSA) is 54.9 Å². The summed E-state index contributed by atoms with van der Waals surface area (Å²) in [5.41, 5.74) is 1.13. The van der Waals surface area contributed by atoms with Crippen molar-refractivity contribution in [1.29, 1.82) is 0 Å². The van der Waals surface area contributed by atoms with E-state index in [2.05, 4.69) is 48.7 Å². The van der Waals surface area contributed by atoms with Crippen molar-refractivity contribution in [2.45, 2.75) is 45.9 Å². The number of ether oxygens (including phenoxy) is 2. The molecule has 142 valence electrons. The van der Waals surface area contributed by atoms with Gasteiger partial charge in [0.05, 0.1) is 25.8 Å². The maximum absolute atomic E-state index is 5.72. The maximum atomic E-state index is 5.72. The number of aliphatic imine (C=N–C) groups is 1. The van der Waals surface area contributed by atoms with Crippen LogP contribution >= 0.6 is 11.8 Å². The highest BCUT2D eigenvalue weighted by molar-refractivity contribution is 7.99. The standard InChI is InChI=1S/C19H33N3O2S/c1-7-20-19(21-13-14(4)25-6)22-15(5)16-10-11-17(23-8-2)18(12-16)24-9-3/h10-12,14-15H,7-9,13H2,1-6H3,(H2,20,21,22). The van der Waals surface area contributed by atoms with Gasteiger partial charge in [0.2, 0.25) is 0 Å². The van der Waals surface area contributed by atoms with Crippen LogP contribution in [0.2, 0.25) is 0 Å². The fourth-order valence-corrected chi connectivity index (χ4v) is 2.46. The Morgan fingerprint density at radius 1 is 1.12 bits per heavy atom. The highest BCUT2D eigenvalue weighted by Gasteiger charge is 2.12. The lowest BCUT2D eigenvalue weighted by Gasteiger charge is -2.20. The smallest absolute Gasteiger partial charge is 0.191 e. The van der Waals surface area contributed by atoms with Crippen molar-refractivity contribution in [2.24, 2.45) is 4.99 Å². The molecule has 6 heteroatoms. The molecule has 5 nitrogen and oxygen atoms in total. The Balaban J connectivity index is 2.88. The third-order valence-corrected chi connectivity index (χ3v) is 4.63. The predicted molar refractivity (Wildman–Crippen MR) is 109 cm³/mol. The van der Waals surface area contributed by atoms with Gasteiger partial charge >= 0.3 is 0 Å². The lowest BCUT2D eigenvalue weighted by molar-refractivity contribution is 0.287. The number of guanidine groups is 1. The average molecular weight is 368 g/mol. The van der Waals surface area contributed by atoms with E-state index < -0.39 is 0 Å². The van der Waals surface area contributed by atoms with Crippen LogP contribution < -0.4 is 20.1 Å². The van der Waals surface area contributed by atoms with Crippen molar-refractivity contribution >= 4 is 17.7 Å². The molecule has 0 aliphatic carbocycles. The van der Waals surface area contributed by atoms with E-state index >= 15 is 0 Å². The van der Waals surface area contributed by atoms with Gasteiger partial charge in [-0.15, -0.1) is 0 Å². The molecule has 2 N–H and O–H groups in total. The van der Waals surface area contributed by atoms with Crippen LogP contribution in [0.25, 0.3) is 0 Å². The van der Waals surface area contributed by atoms with Crippen LogP contribution in [0.4, 0.5) is 0 Å². The van der Waals surface area contributed by atoms with Crippen molar-refractivity contribution in [3.05, 3.63) is 23.8 Å². The van der Waals surface area contributed by atoms with Crippen LogP contribution in [0.15, 0.2) is 23.2 Å². The molecule has 2 unspecified atom stereocenters. The van der Waals surface area contributed by atoms with Crippen molar-refractivity contribution < 1.29 is 9.47 Å². The Labute approximate surface area is 157 Å². The quantitative estimate of drug-likeness (QED) is 0.486. The molecule has 0 fully saturated rings. The Bertz CT molecular complexity index is 537. The Morgan fingerprint density at radius 3 is 2.40 bits per heavy atom. The summed E-state index contributed by atoms with van der Waals surface area (Å²) < 4.78 is 11.4. The summed E-state index contributed by atoms with van der Waals surface area (Å²) in [5, 5.41) is 7.28. The number of benzene rings is 1. The number of thioether (sulfide) groups is 1. The molecule has 1 aromatic carbocycles. The first-order valence-electron chi connectivity index (χ1n) is 9.02. The zero-order chi connectivity index (χ0) is 18.7. The van der Waals surface area contributed by atoms with E-state index in [-0.39, 0.29) is 6.04 Å². The zero-order valence-electron chi connectivity index (χ0n) is 16.4. The second kappa shape index (κ2) is 11.9. The first-order chi connectivity index (χ1) is 12.0. The molecule has 1 rings (SSSR count). The fraction of sp³-hybridized carbons (Fsp3) is 0.632. The third kappa shape index (κ3) is 7.46. The van der Waals surface area contributed by atoms with Crippen molar-refractivity contribution in [2.75, 3.05) is 32.6 Å². The van der Waals surface area contributed by atoms with Gasteiger partial charge in [0.1, 0.15) is 0 Å². The van der Waals surface area contributed by atoms with E-state index in [0.29, 0.717) is 18.5 Å². The highest BCUT2D eigenvalue weighted by Crippen LogP contribution is 2.30. The molecule has 2 atom stereocenters. The minimum absolute atomic E-state index is 0.109. The van der Waals surface area contributed by atoms with Gasteiger partial charge in [0, 0.05) is 11.8 Å². The van der Waals surface area contributed by atoms with Crippen LogP contribution in [0.3, 0.4) is 0 Å². The molecule has 0 aromatic heterocycles. The number of nitrogens with zero attached hydrogens (tertiary/aromatic N) is 1. The largest absolute Gasteiger partial charge is 0.490 e. The number of hydrogen-bond acceptors (Lipinski definition) is 4. The summed E-state index contributed by atoms with van der Waals surface area (Å²) >= 11 is 1.82. The van der Waals surface area contributed by atoms with E-state index in [4.69, 9.17) is 9.47 Å². The van der Waals surface area contributed by atoms with E-state index in [9.17, 15) is 0 Å². The molecule has 0 spiro atoms. The zero-order valence-corrected chi connectivity index (χ0v) is 17.2. The number of nitrogens with one attached hydrogen (secondary N) is 2. The lowest BCUT2D eigenvalue weighted by atomic mass is 10.1. The van der Waals surface area contributed by atoms with E-state index in [1.807, 2.05) is 37.7 Å². The third-order valence-electron chi connectivity index (χ3n) is 3.67. The summed E-state index contributed by atoms with van der Waals surface area (Å²) in [7, 11) is 0. The molecule has 0 bridgehead atoms. The molecule has 0 heterocycles. The first kappa shape index (κ1) is 21.5. The average Bonchev–Trinajstić information content (AvgIpc) is 2.61. The SMILES string of the molecule is CCNC(=NCC(C)SC)NC(C)c1ccc(OCC)c(OCC)c1. The van der Waals surface area contributed by atoms with Crippen LogP contribution in [0.1, 0.15) is 46.2 Å². The monoisotopic (exact) mass is 367 g/mol. The summed E-state index contributed by atoms with van der Waals surface area (Å²) in [6, 6.07) is 6.19. The number of rotatable bonds is 10. The molecule has 25 heavy (non-hydrogen) atoms. The summed E-state index contributed by atoms with van der Waals surface area (Å²) in [4.78, 5) is 4.67. The van der Waals surface area contributed by atoms with Crippen LogP contribution in [0, 0.1) is 0 Å². The van der Waals surface area contributed by atoms with Gasteiger partial charge in [-0.2, -0.15) is 11.8 Å². The Morgan fingerprint density at radius 2 is 1.80 bits per heavy atom. The van der Waals surface area contributed by atoms with E-state index in [0.717, 1.165) is 36.1 Å². The van der Waals surface area contributed by atoms with Gasteiger partial charge < -0.3 is 20.1 Å². The minimum atomic E-state index is 0.109. The van der Waals surface area contributed by atoms with Gasteiger partial charge in [-0.3, -0.25) is 4.99 Å². The number of hydrogen-bond donors (Lipinski definition) is 2. The van der Waals surface area contributed by atoms with Gasteiger partial charge in [-0.1, -0.05) is 13.0 Å². The van der Waals surface area contributed by atoms with Crippen LogP contribution in [0.5, 0.6) is 11.5 Å². The van der Waals surface area contributed by atoms with Crippen LogP contribution in [-0.4, -0.2) is 43.8 Å². The minimum Gasteiger partial charge on any atom is -0.490 e. The normalized spacial score (nSPS) is 13.9. The molecule has 0 saturated heterocycles.